The molecular weight excluding hydrogens is 205 g/mol. The summed E-state index contributed by atoms with van der Waals surface area (Å²) in [6.07, 6.45) is 0. The summed E-state index contributed by atoms with van der Waals surface area (Å²) < 4.78 is 31.2. The Morgan fingerprint density at radius 1 is 0.667 bits per heavy atom. The van der Waals surface area contributed by atoms with E-state index in [1.54, 1.807) is 0 Å². The molecule has 15 heavy (non-hydrogen) atoms. The van der Waals surface area contributed by atoms with Gasteiger partial charge in [0.2, 0.25) is 0 Å². The zero-order valence-corrected chi connectivity index (χ0v) is 8.95. The fraction of sp³-hybridized carbons (Fsp3) is 1.00. The lowest BCUT2D eigenvalue weighted by Gasteiger charge is -2.05. The van der Waals surface area contributed by atoms with E-state index in [2.05, 4.69) is 4.74 Å². The molecule has 0 spiro atoms. The van der Waals surface area contributed by atoms with Crippen LogP contribution in [-0.4, -0.2) is 59.7 Å². The van der Waals surface area contributed by atoms with Crippen molar-refractivity contribution in [2.24, 2.45) is 5.73 Å². The Morgan fingerprint density at radius 3 is 1.47 bits per heavy atom. The predicted molar refractivity (Wildman–Crippen MR) is 53.4 cm³/mol. The van der Waals surface area contributed by atoms with Crippen molar-refractivity contribution in [2.45, 2.75) is 0 Å². The first-order valence-electron chi connectivity index (χ1n) is 4.98. The largest absolute Gasteiger partial charge is 0.378 e. The molecule has 0 aliphatic carbocycles. The molecule has 0 aromatic rings. The second kappa shape index (κ2) is 13.7. The second-order valence-corrected chi connectivity index (χ2v) is 2.64. The molecule has 2 N–H and O–H groups in total. The van der Waals surface area contributed by atoms with Gasteiger partial charge in [0, 0.05) is 6.54 Å². The Hall–Kier alpha value is -0.270. The van der Waals surface area contributed by atoms with Crippen molar-refractivity contribution in [2.75, 3.05) is 59.7 Å². The Bertz CT molecular complexity index is 106. The molecule has 92 valence electrons. The van der Waals surface area contributed by atoms with E-state index in [0.717, 1.165) is 0 Å². The molecule has 0 bridgehead atoms. The van der Waals surface area contributed by atoms with E-state index >= 15 is 0 Å². The van der Waals surface area contributed by atoms with Gasteiger partial charge in [0.15, 0.2) is 6.86 Å². The zero-order valence-electron chi connectivity index (χ0n) is 8.95. The first-order chi connectivity index (χ1) is 7.41. The Balaban J connectivity index is 2.81. The minimum Gasteiger partial charge on any atom is -0.378 e. The second-order valence-electron chi connectivity index (χ2n) is 2.64. The highest BCUT2D eigenvalue weighted by molar-refractivity contribution is 4.35. The van der Waals surface area contributed by atoms with Crippen LogP contribution in [0.1, 0.15) is 0 Å². The Labute approximate surface area is 89.6 Å². The highest BCUT2D eigenvalue weighted by Gasteiger charge is 1.91. The van der Waals surface area contributed by atoms with Crippen molar-refractivity contribution in [3.05, 3.63) is 0 Å². The lowest BCUT2D eigenvalue weighted by Crippen LogP contribution is -2.14. The van der Waals surface area contributed by atoms with Crippen LogP contribution in [0, 0.1) is 0 Å². The quantitative estimate of drug-likeness (QED) is 0.471. The van der Waals surface area contributed by atoms with E-state index in [0.29, 0.717) is 46.2 Å². The van der Waals surface area contributed by atoms with Crippen LogP contribution in [0.5, 0.6) is 0 Å². The molecule has 0 rings (SSSR count). The minimum atomic E-state index is -0.766. The summed E-state index contributed by atoms with van der Waals surface area (Å²) in [5, 5.41) is 0. The number of hydrogen-bond donors (Lipinski definition) is 1. The number of alkyl halides is 1. The molecule has 0 heterocycles. The van der Waals surface area contributed by atoms with E-state index < -0.39 is 6.86 Å². The van der Waals surface area contributed by atoms with Crippen LogP contribution in [0.15, 0.2) is 0 Å². The first-order valence-corrected chi connectivity index (χ1v) is 4.98. The van der Waals surface area contributed by atoms with Gasteiger partial charge in [0.25, 0.3) is 0 Å². The number of hydrogen-bond acceptors (Lipinski definition) is 5. The molecule has 0 aliphatic rings. The average molecular weight is 225 g/mol. The summed E-state index contributed by atoms with van der Waals surface area (Å²) in [5.74, 6) is 0. The van der Waals surface area contributed by atoms with Gasteiger partial charge in [-0.2, -0.15) is 0 Å². The average Bonchev–Trinajstić information content (AvgIpc) is 2.26. The molecule has 0 saturated carbocycles. The molecule has 0 radical (unpaired) electrons. The number of ether oxygens (including phenoxy) is 4. The zero-order chi connectivity index (χ0) is 11.2. The van der Waals surface area contributed by atoms with Gasteiger partial charge >= 0.3 is 0 Å². The first kappa shape index (κ1) is 14.7. The third kappa shape index (κ3) is 13.7. The highest BCUT2D eigenvalue weighted by Crippen LogP contribution is 1.82. The summed E-state index contributed by atoms with van der Waals surface area (Å²) in [6.45, 7) is 3.03. The fourth-order valence-electron chi connectivity index (χ4n) is 0.798. The van der Waals surface area contributed by atoms with Crippen molar-refractivity contribution in [1.29, 1.82) is 0 Å². The van der Waals surface area contributed by atoms with Crippen molar-refractivity contribution in [3.63, 3.8) is 0 Å². The van der Waals surface area contributed by atoms with Gasteiger partial charge in [0.05, 0.1) is 46.2 Å². The van der Waals surface area contributed by atoms with Gasteiger partial charge in [-0.1, -0.05) is 0 Å². The maximum atomic E-state index is 11.4. The lowest BCUT2D eigenvalue weighted by atomic mass is 10.7. The minimum absolute atomic E-state index is 0.274. The van der Waals surface area contributed by atoms with E-state index in [4.69, 9.17) is 19.9 Å². The number of halogens is 1. The standard InChI is InChI=1S/C9H20FNO4/c10-9-15-8-7-14-6-5-13-4-3-12-2-1-11/h1-9,11H2. The van der Waals surface area contributed by atoms with E-state index in [9.17, 15) is 4.39 Å². The van der Waals surface area contributed by atoms with Crippen LogP contribution in [0.25, 0.3) is 0 Å². The van der Waals surface area contributed by atoms with Crippen molar-refractivity contribution >= 4 is 0 Å². The smallest absolute Gasteiger partial charge is 0.188 e. The molecule has 0 aliphatic heterocycles. The molecule has 0 amide bonds. The third-order valence-electron chi connectivity index (χ3n) is 1.46. The normalized spacial score (nSPS) is 10.8. The highest BCUT2D eigenvalue weighted by atomic mass is 19.1. The molecule has 0 aromatic carbocycles. The molecule has 5 nitrogen and oxygen atoms in total. The number of nitrogens with two attached hydrogens (primary N) is 1. The molecule has 0 aromatic heterocycles. The maximum absolute atomic E-state index is 11.4. The van der Waals surface area contributed by atoms with Gasteiger partial charge in [-0.15, -0.1) is 0 Å². The van der Waals surface area contributed by atoms with Gasteiger partial charge in [-0.05, 0) is 0 Å². The van der Waals surface area contributed by atoms with Crippen LogP contribution in [0.4, 0.5) is 4.39 Å². The van der Waals surface area contributed by atoms with Crippen LogP contribution < -0.4 is 5.73 Å². The van der Waals surface area contributed by atoms with Gasteiger partial charge in [0.1, 0.15) is 0 Å². The predicted octanol–water partition coefficient (Wildman–Crippen LogP) is -0.0615. The molecule has 0 fully saturated rings. The molecule has 0 atom stereocenters. The summed E-state index contributed by atoms with van der Waals surface area (Å²) in [5.41, 5.74) is 5.22. The SMILES string of the molecule is NCCOCCOCCOCCOCF. The van der Waals surface area contributed by atoms with E-state index in [-0.39, 0.29) is 6.61 Å². The van der Waals surface area contributed by atoms with Gasteiger partial charge in [-0.3, -0.25) is 0 Å². The van der Waals surface area contributed by atoms with Crippen molar-refractivity contribution in [1.82, 2.24) is 0 Å². The van der Waals surface area contributed by atoms with Crippen molar-refractivity contribution < 1.29 is 23.3 Å². The van der Waals surface area contributed by atoms with E-state index in [1.165, 1.54) is 0 Å². The fourth-order valence-corrected chi connectivity index (χ4v) is 0.798. The van der Waals surface area contributed by atoms with Crippen LogP contribution in [0.3, 0.4) is 0 Å². The lowest BCUT2D eigenvalue weighted by molar-refractivity contribution is -0.0150. The van der Waals surface area contributed by atoms with Crippen LogP contribution in [0.2, 0.25) is 0 Å². The van der Waals surface area contributed by atoms with Crippen LogP contribution >= 0.6 is 0 Å². The van der Waals surface area contributed by atoms with Crippen LogP contribution in [-0.2, 0) is 18.9 Å². The molecular formula is C9H20FNO4. The molecule has 6 heteroatoms. The third-order valence-corrected chi connectivity index (χ3v) is 1.46. The maximum Gasteiger partial charge on any atom is 0.188 e. The van der Waals surface area contributed by atoms with Gasteiger partial charge < -0.3 is 24.7 Å². The summed E-state index contributed by atoms with van der Waals surface area (Å²) in [6, 6.07) is 0. The molecule has 0 saturated heterocycles. The number of rotatable bonds is 12. The summed E-state index contributed by atoms with van der Waals surface area (Å²) >= 11 is 0. The Morgan fingerprint density at radius 2 is 1.07 bits per heavy atom. The molecule has 0 unspecified atom stereocenters. The van der Waals surface area contributed by atoms with Crippen molar-refractivity contribution in [3.8, 4) is 0 Å². The van der Waals surface area contributed by atoms with Gasteiger partial charge in [-0.25, -0.2) is 4.39 Å². The summed E-state index contributed by atoms with van der Waals surface area (Å²) in [7, 11) is 0. The van der Waals surface area contributed by atoms with E-state index in [1.807, 2.05) is 0 Å². The summed E-state index contributed by atoms with van der Waals surface area (Å²) in [4.78, 5) is 0. The Kier molecular flexibility index (Phi) is 13.5. The monoisotopic (exact) mass is 225 g/mol. The topological polar surface area (TPSA) is 62.9 Å².